The predicted octanol–water partition coefficient (Wildman–Crippen LogP) is 2.99. The zero-order chi connectivity index (χ0) is 12.8. The maximum atomic E-state index is 5.88. The molecule has 1 aliphatic heterocycles. The Morgan fingerprint density at radius 3 is 2.78 bits per heavy atom. The van der Waals surface area contributed by atoms with Gasteiger partial charge in [-0.2, -0.15) is 11.8 Å². The zero-order valence-corrected chi connectivity index (χ0v) is 12.3. The maximum Gasteiger partial charge on any atom is 0.0790 e. The van der Waals surface area contributed by atoms with Gasteiger partial charge in [-0.05, 0) is 29.9 Å². The van der Waals surface area contributed by atoms with Crippen molar-refractivity contribution in [1.29, 1.82) is 0 Å². The molecule has 100 valence electrons. The monoisotopic (exact) mass is 285 g/mol. The molecule has 0 bridgehead atoms. The molecule has 1 N–H and O–H groups in total. The third-order valence-corrected chi connectivity index (χ3v) is 4.34. The molecule has 2 nitrogen and oxygen atoms in total. The summed E-state index contributed by atoms with van der Waals surface area (Å²) in [6.07, 6.45) is 1.38. The maximum absolute atomic E-state index is 5.88. The largest absolute Gasteiger partial charge is 0.374 e. The van der Waals surface area contributed by atoms with Crippen LogP contribution >= 0.6 is 23.4 Å². The second kappa shape index (κ2) is 7.39. The highest BCUT2D eigenvalue weighted by atomic mass is 35.5. The normalized spacial score (nSPS) is 24.1. The van der Waals surface area contributed by atoms with Crippen LogP contribution in [0.4, 0.5) is 0 Å². The average Bonchev–Trinajstić information content (AvgIpc) is 2.41. The number of benzene rings is 1. The van der Waals surface area contributed by atoms with E-state index in [1.54, 1.807) is 0 Å². The number of rotatable bonds is 5. The van der Waals surface area contributed by atoms with E-state index in [4.69, 9.17) is 16.3 Å². The van der Waals surface area contributed by atoms with E-state index in [9.17, 15) is 0 Å². The fourth-order valence-corrected chi connectivity index (χ4v) is 2.90. The van der Waals surface area contributed by atoms with Crippen molar-refractivity contribution >= 4 is 23.4 Å². The number of ether oxygens (including phenoxy) is 1. The highest BCUT2D eigenvalue weighted by molar-refractivity contribution is 7.99. The van der Waals surface area contributed by atoms with Gasteiger partial charge in [0.1, 0.15) is 0 Å². The fourth-order valence-electron chi connectivity index (χ4n) is 2.06. The van der Waals surface area contributed by atoms with Gasteiger partial charge in [0, 0.05) is 23.4 Å². The van der Waals surface area contributed by atoms with Crippen molar-refractivity contribution in [3.05, 3.63) is 34.9 Å². The van der Waals surface area contributed by atoms with Crippen LogP contribution in [0.15, 0.2) is 24.3 Å². The minimum Gasteiger partial charge on any atom is -0.374 e. The molecule has 1 saturated heterocycles. The molecule has 0 amide bonds. The fraction of sp³-hybridized carbons (Fsp3) is 0.571. The van der Waals surface area contributed by atoms with Crippen molar-refractivity contribution < 1.29 is 4.74 Å². The Hall–Kier alpha value is -0.220. The summed E-state index contributed by atoms with van der Waals surface area (Å²) in [5.74, 6) is 2.26. The van der Waals surface area contributed by atoms with E-state index in [1.165, 1.54) is 5.56 Å². The lowest BCUT2D eigenvalue weighted by Crippen LogP contribution is -2.48. The number of nitrogens with one attached hydrogen (secondary N) is 1. The molecule has 4 heteroatoms. The van der Waals surface area contributed by atoms with Crippen molar-refractivity contribution in [2.24, 2.45) is 0 Å². The van der Waals surface area contributed by atoms with Gasteiger partial charge in [0.25, 0.3) is 0 Å². The van der Waals surface area contributed by atoms with E-state index in [2.05, 4.69) is 24.4 Å². The molecular weight excluding hydrogens is 266 g/mol. The first-order valence-corrected chi connectivity index (χ1v) is 7.98. The average molecular weight is 286 g/mol. The molecule has 2 rings (SSSR count). The summed E-state index contributed by atoms with van der Waals surface area (Å²) in [6, 6.07) is 8.49. The molecule has 1 heterocycles. The standard InChI is InChI=1S/C14H20ClNOS/c1-2-18-10-14-8-16-13(9-17-14)7-11-3-5-12(15)6-4-11/h3-6,13-14,16H,2,7-10H2,1H3/t13-,14+/m0/s1. The van der Waals surface area contributed by atoms with Gasteiger partial charge in [0.15, 0.2) is 0 Å². The summed E-state index contributed by atoms with van der Waals surface area (Å²) < 4.78 is 5.88. The Kier molecular flexibility index (Phi) is 5.83. The van der Waals surface area contributed by atoms with Gasteiger partial charge < -0.3 is 10.1 Å². The van der Waals surface area contributed by atoms with Crippen LogP contribution in [-0.2, 0) is 11.2 Å². The van der Waals surface area contributed by atoms with Crippen LogP contribution in [0, 0.1) is 0 Å². The molecular formula is C14H20ClNOS. The quantitative estimate of drug-likeness (QED) is 0.899. The number of thioether (sulfide) groups is 1. The smallest absolute Gasteiger partial charge is 0.0790 e. The Balaban J connectivity index is 1.74. The molecule has 2 atom stereocenters. The van der Waals surface area contributed by atoms with E-state index >= 15 is 0 Å². The Morgan fingerprint density at radius 1 is 1.39 bits per heavy atom. The van der Waals surface area contributed by atoms with Gasteiger partial charge in [-0.1, -0.05) is 30.7 Å². The summed E-state index contributed by atoms with van der Waals surface area (Å²) in [4.78, 5) is 0. The summed E-state index contributed by atoms with van der Waals surface area (Å²) in [6.45, 7) is 3.95. The van der Waals surface area contributed by atoms with Gasteiger partial charge in [-0.3, -0.25) is 0 Å². The van der Waals surface area contributed by atoms with E-state index in [-0.39, 0.29) is 0 Å². The number of halogens is 1. The molecule has 1 fully saturated rings. The van der Waals surface area contributed by atoms with Gasteiger partial charge >= 0.3 is 0 Å². The summed E-state index contributed by atoms with van der Waals surface area (Å²) >= 11 is 7.82. The lowest BCUT2D eigenvalue weighted by Gasteiger charge is -2.30. The molecule has 0 aromatic heterocycles. The van der Waals surface area contributed by atoms with E-state index in [0.29, 0.717) is 12.1 Å². The number of morpholine rings is 1. The lowest BCUT2D eigenvalue weighted by atomic mass is 10.1. The number of hydrogen-bond acceptors (Lipinski definition) is 3. The first-order valence-electron chi connectivity index (χ1n) is 6.45. The Labute approximate surface area is 118 Å². The predicted molar refractivity (Wildman–Crippen MR) is 79.7 cm³/mol. The van der Waals surface area contributed by atoms with Crippen LogP contribution in [0.2, 0.25) is 5.02 Å². The minimum atomic E-state index is 0.372. The molecule has 0 aliphatic carbocycles. The van der Waals surface area contributed by atoms with Crippen LogP contribution in [0.5, 0.6) is 0 Å². The van der Waals surface area contributed by atoms with Gasteiger partial charge in [0.2, 0.25) is 0 Å². The third kappa shape index (κ3) is 4.47. The molecule has 1 aliphatic rings. The van der Waals surface area contributed by atoms with E-state index in [0.717, 1.165) is 36.1 Å². The van der Waals surface area contributed by atoms with Crippen LogP contribution in [0.3, 0.4) is 0 Å². The molecule has 0 saturated carbocycles. The van der Waals surface area contributed by atoms with Crippen LogP contribution in [-0.4, -0.2) is 36.8 Å². The van der Waals surface area contributed by atoms with Crippen LogP contribution < -0.4 is 5.32 Å². The first kappa shape index (κ1) is 14.2. The second-order valence-electron chi connectivity index (χ2n) is 4.55. The topological polar surface area (TPSA) is 21.3 Å². The molecule has 0 unspecified atom stereocenters. The minimum absolute atomic E-state index is 0.372. The SMILES string of the molecule is CCSC[C@H]1CN[C@@H](Cc2ccc(Cl)cc2)CO1. The van der Waals surface area contributed by atoms with Crippen molar-refractivity contribution in [2.75, 3.05) is 24.7 Å². The van der Waals surface area contributed by atoms with Gasteiger partial charge in [-0.15, -0.1) is 0 Å². The Morgan fingerprint density at radius 2 is 2.17 bits per heavy atom. The second-order valence-corrected chi connectivity index (χ2v) is 6.31. The molecule has 1 aromatic rings. The van der Waals surface area contributed by atoms with Crippen LogP contribution in [0.25, 0.3) is 0 Å². The molecule has 0 spiro atoms. The molecule has 1 aromatic carbocycles. The summed E-state index contributed by atoms with van der Waals surface area (Å²) in [7, 11) is 0. The zero-order valence-electron chi connectivity index (χ0n) is 10.7. The Bertz CT molecular complexity index is 349. The van der Waals surface area contributed by atoms with Crippen molar-refractivity contribution in [3.8, 4) is 0 Å². The third-order valence-electron chi connectivity index (χ3n) is 3.07. The highest BCUT2D eigenvalue weighted by Gasteiger charge is 2.20. The van der Waals surface area contributed by atoms with Crippen molar-refractivity contribution in [3.63, 3.8) is 0 Å². The van der Waals surface area contributed by atoms with Crippen molar-refractivity contribution in [2.45, 2.75) is 25.5 Å². The van der Waals surface area contributed by atoms with E-state index < -0.39 is 0 Å². The molecule has 0 radical (unpaired) electrons. The first-order chi connectivity index (χ1) is 8.78. The van der Waals surface area contributed by atoms with Gasteiger partial charge in [0.05, 0.1) is 12.7 Å². The number of hydrogen-bond donors (Lipinski definition) is 1. The van der Waals surface area contributed by atoms with Crippen LogP contribution in [0.1, 0.15) is 12.5 Å². The van der Waals surface area contributed by atoms with E-state index in [1.807, 2.05) is 23.9 Å². The lowest BCUT2D eigenvalue weighted by molar-refractivity contribution is 0.0183. The van der Waals surface area contributed by atoms with Gasteiger partial charge in [-0.25, -0.2) is 0 Å². The highest BCUT2D eigenvalue weighted by Crippen LogP contribution is 2.14. The van der Waals surface area contributed by atoms with Crippen molar-refractivity contribution in [1.82, 2.24) is 5.32 Å². The summed E-state index contributed by atoms with van der Waals surface area (Å²) in [5.41, 5.74) is 1.31. The molecule has 18 heavy (non-hydrogen) atoms. The summed E-state index contributed by atoms with van der Waals surface area (Å²) in [5, 5.41) is 4.36.